The number of nitrogens with zero attached hydrogens (tertiary/aromatic N) is 1. The van der Waals surface area contributed by atoms with Crippen LogP contribution in [0, 0.1) is 5.92 Å². The first-order chi connectivity index (χ1) is 6.33. The average Bonchev–Trinajstić information content (AvgIpc) is 2.19. The SMILES string of the molecule is CCN1CC[C@H](N)[C@H]2CCCC[C@H]21. The summed E-state index contributed by atoms with van der Waals surface area (Å²) >= 11 is 0. The van der Waals surface area contributed by atoms with Gasteiger partial charge in [0.1, 0.15) is 0 Å². The first kappa shape index (κ1) is 9.47. The molecule has 76 valence electrons. The summed E-state index contributed by atoms with van der Waals surface area (Å²) in [6.45, 7) is 4.73. The standard InChI is InChI=1S/C11H22N2/c1-2-13-8-7-10(12)9-5-3-4-6-11(9)13/h9-11H,2-8,12H2,1H3/t9-,10+,11-/m1/s1. The quantitative estimate of drug-likeness (QED) is 0.667. The van der Waals surface area contributed by atoms with Crippen LogP contribution in [0.4, 0.5) is 0 Å². The van der Waals surface area contributed by atoms with E-state index in [1.54, 1.807) is 0 Å². The zero-order chi connectivity index (χ0) is 9.26. The highest BCUT2D eigenvalue weighted by atomic mass is 15.2. The predicted octanol–water partition coefficient (Wildman–Crippen LogP) is 1.60. The molecule has 0 spiro atoms. The van der Waals surface area contributed by atoms with Crippen molar-refractivity contribution in [3.63, 3.8) is 0 Å². The van der Waals surface area contributed by atoms with Crippen LogP contribution in [0.3, 0.4) is 0 Å². The fourth-order valence-corrected chi connectivity index (χ4v) is 3.18. The Morgan fingerprint density at radius 2 is 2.00 bits per heavy atom. The van der Waals surface area contributed by atoms with Gasteiger partial charge in [-0.1, -0.05) is 19.8 Å². The number of likely N-dealkylation sites (tertiary alicyclic amines) is 1. The number of hydrogen-bond acceptors (Lipinski definition) is 2. The first-order valence-corrected chi connectivity index (χ1v) is 5.82. The van der Waals surface area contributed by atoms with Crippen LogP contribution in [0.1, 0.15) is 39.0 Å². The van der Waals surface area contributed by atoms with E-state index in [2.05, 4.69) is 11.8 Å². The van der Waals surface area contributed by atoms with Gasteiger partial charge < -0.3 is 10.6 Å². The molecule has 13 heavy (non-hydrogen) atoms. The number of piperidine rings is 1. The van der Waals surface area contributed by atoms with E-state index in [9.17, 15) is 0 Å². The summed E-state index contributed by atoms with van der Waals surface area (Å²) < 4.78 is 0. The number of nitrogens with two attached hydrogens (primary N) is 1. The zero-order valence-electron chi connectivity index (χ0n) is 8.71. The third-order valence-corrected chi connectivity index (χ3v) is 3.96. The molecule has 0 aromatic rings. The van der Waals surface area contributed by atoms with Crippen LogP contribution in [0.25, 0.3) is 0 Å². The van der Waals surface area contributed by atoms with Gasteiger partial charge in [-0.2, -0.15) is 0 Å². The molecule has 2 rings (SSSR count). The molecule has 1 saturated carbocycles. The van der Waals surface area contributed by atoms with Gasteiger partial charge in [-0.05, 0) is 38.3 Å². The monoisotopic (exact) mass is 182 g/mol. The lowest BCUT2D eigenvalue weighted by Crippen LogP contribution is -2.54. The molecule has 1 aliphatic carbocycles. The second-order valence-corrected chi connectivity index (χ2v) is 4.60. The van der Waals surface area contributed by atoms with Gasteiger partial charge in [-0.15, -0.1) is 0 Å². The maximum atomic E-state index is 6.18. The largest absolute Gasteiger partial charge is 0.327 e. The number of fused-ring (bicyclic) bond motifs is 1. The Bertz CT molecular complexity index is 169. The Hall–Kier alpha value is -0.0800. The molecule has 0 aromatic carbocycles. The highest BCUT2D eigenvalue weighted by molar-refractivity contribution is 4.93. The fraction of sp³-hybridized carbons (Fsp3) is 1.00. The zero-order valence-corrected chi connectivity index (χ0v) is 8.71. The van der Waals surface area contributed by atoms with Gasteiger partial charge in [0.25, 0.3) is 0 Å². The van der Waals surface area contributed by atoms with E-state index in [0.29, 0.717) is 6.04 Å². The molecule has 2 fully saturated rings. The van der Waals surface area contributed by atoms with Crippen molar-refractivity contribution in [2.45, 2.75) is 51.1 Å². The van der Waals surface area contributed by atoms with Gasteiger partial charge in [-0.25, -0.2) is 0 Å². The van der Waals surface area contributed by atoms with Crippen LogP contribution in [0.5, 0.6) is 0 Å². The van der Waals surface area contributed by atoms with Crippen molar-refractivity contribution in [3.05, 3.63) is 0 Å². The van der Waals surface area contributed by atoms with Gasteiger partial charge in [0.2, 0.25) is 0 Å². The molecule has 0 bridgehead atoms. The minimum atomic E-state index is 0.494. The summed E-state index contributed by atoms with van der Waals surface area (Å²) in [5.41, 5.74) is 6.18. The molecule has 2 nitrogen and oxygen atoms in total. The topological polar surface area (TPSA) is 29.3 Å². The van der Waals surface area contributed by atoms with E-state index in [4.69, 9.17) is 5.73 Å². The summed E-state index contributed by atoms with van der Waals surface area (Å²) in [5, 5.41) is 0. The molecule has 0 aromatic heterocycles. The lowest BCUT2D eigenvalue weighted by molar-refractivity contribution is 0.0512. The molecule has 1 saturated heterocycles. The molecule has 0 radical (unpaired) electrons. The lowest BCUT2D eigenvalue weighted by atomic mass is 9.76. The molecule has 2 N–H and O–H groups in total. The lowest BCUT2D eigenvalue weighted by Gasteiger charge is -2.46. The minimum Gasteiger partial charge on any atom is -0.327 e. The molecule has 0 amide bonds. The van der Waals surface area contributed by atoms with Gasteiger partial charge in [0, 0.05) is 12.1 Å². The van der Waals surface area contributed by atoms with Crippen LogP contribution in [0.15, 0.2) is 0 Å². The summed E-state index contributed by atoms with van der Waals surface area (Å²) in [6, 6.07) is 1.32. The maximum absolute atomic E-state index is 6.18. The summed E-state index contributed by atoms with van der Waals surface area (Å²) in [7, 11) is 0. The number of rotatable bonds is 1. The Morgan fingerprint density at radius 3 is 2.77 bits per heavy atom. The van der Waals surface area contributed by atoms with Crippen molar-refractivity contribution in [3.8, 4) is 0 Å². The Balaban J connectivity index is 2.05. The van der Waals surface area contributed by atoms with Crippen molar-refractivity contribution >= 4 is 0 Å². The fourth-order valence-electron chi connectivity index (χ4n) is 3.18. The molecule has 0 unspecified atom stereocenters. The summed E-state index contributed by atoms with van der Waals surface area (Å²) in [4.78, 5) is 2.65. The molecule has 2 heteroatoms. The molecule has 1 heterocycles. The normalized spacial score (nSPS) is 41.5. The van der Waals surface area contributed by atoms with Crippen molar-refractivity contribution < 1.29 is 0 Å². The smallest absolute Gasteiger partial charge is 0.0138 e. The molecule has 2 aliphatic rings. The van der Waals surface area contributed by atoms with Gasteiger partial charge >= 0.3 is 0 Å². The van der Waals surface area contributed by atoms with Gasteiger partial charge in [0.15, 0.2) is 0 Å². The van der Waals surface area contributed by atoms with Crippen LogP contribution >= 0.6 is 0 Å². The van der Waals surface area contributed by atoms with Gasteiger partial charge in [-0.3, -0.25) is 0 Å². The van der Waals surface area contributed by atoms with E-state index in [1.165, 1.54) is 45.2 Å². The highest BCUT2D eigenvalue weighted by Crippen LogP contribution is 2.34. The maximum Gasteiger partial charge on any atom is 0.0138 e. The summed E-state index contributed by atoms with van der Waals surface area (Å²) in [6.07, 6.45) is 6.82. The first-order valence-electron chi connectivity index (χ1n) is 5.82. The van der Waals surface area contributed by atoms with Crippen molar-refractivity contribution in [1.82, 2.24) is 4.90 Å². The Labute approximate surface area is 81.5 Å². The number of hydrogen-bond donors (Lipinski definition) is 1. The Morgan fingerprint density at radius 1 is 1.23 bits per heavy atom. The third-order valence-electron chi connectivity index (χ3n) is 3.96. The van der Waals surface area contributed by atoms with E-state index in [0.717, 1.165) is 12.0 Å². The molecular weight excluding hydrogens is 160 g/mol. The van der Waals surface area contributed by atoms with E-state index in [-0.39, 0.29) is 0 Å². The van der Waals surface area contributed by atoms with Crippen LogP contribution in [0.2, 0.25) is 0 Å². The second-order valence-electron chi connectivity index (χ2n) is 4.60. The third kappa shape index (κ3) is 1.75. The van der Waals surface area contributed by atoms with Crippen LogP contribution < -0.4 is 5.73 Å². The van der Waals surface area contributed by atoms with Crippen molar-refractivity contribution in [1.29, 1.82) is 0 Å². The predicted molar refractivity (Wildman–Crippen MR) is 55.6 cm³/mol. The van der Waals surface area contributed by atoms with E-state index < -0.39 is 0 Å². The molecule has 1 aliphatic heterocycles. The van der Waals surface area contributed by atoms with Crippen LogP contribution in [-0.2, 0) is 0 Å². The second kappa shape index (κ2) is 3.97. The van der Waals surface area contributed by atoms with E-state index in [1.807, 2.05) is 0 Å². The highest BCUT2D eigenvalue weighted by Gasteiger charge is 2.36. The van der Waals surface area contributed by atoms with Crippen LogP contribution in [-0.4, -0.2) is 30.1 Å². The average molecular weight is 182 g/mol. The summed E-state index contributed by atoms with van der Waals surface area (Å²) in [5.74, 6) is 0.808. The van der Waals surface area contributed by atoms with Gasteiger partial charge in [0.05, 0.1) is 0 Å². The minimum absolute atomic E-state index is 0.494. The molecule has 3 atom stereocenters. The van der Waals surface area contributed by atoms with E-state index >= 15 is 0 Å². The van der Waals surface area contributed by atoms with Crippen molar-refractivity contribution in [2.75, 3.05) is 13.1 Å². The Kier molecular flexibility index (Phi) is 2.89. The molecular formula is C11H22N2. The van der Waals surface area contributed by atoms with Crippen molar-refractivity contribution in [2.24, 2.45) is 11.7 Å².